The van der Waals surface area contributed by atoms with Crippen LogP contribution in [0, 0.1) is 0 Å². The first-order valence-electron chi connectivity index (χ1n) is 7.10. The summed E-state index contributed by atoms with van der Waals surface area (Å²) in [6, 6.07) is 1.17. The Morgan fingerprint density at radius 3 is 2.80 bits per heavy atom. The van der Waals surface area contributed by atoms with Gasteiger partial charge in [-0.15, -0.1) is 0 Å². The van der Waals surface area contributed by atoms with Gasteiger partial charge < -0.3 is 20.9 Å². The summed E-state index contributed by atoms with van der Waals surface area (Å²) in [5.41, 5.74) is 12.3. The van der Waals surface area contributed by atoms with Crippen LogP contribution < -0.4 is 11.5 Å². The Labute approximate surface area is 118 Å². The van der Waals surface area contributed by atoms with E-state index in [2.05, 4.69) is 0 Å². The number of anilines is 1. The van der Waals surface area contributed by atoms with E-state index in [1.165, 1.54) is 0 Å². The summed E-state index contributed by atoms with van der Waals surface area (Å²) in [6.07, 6.45) is 5.15. The quantitative estimate of drug-likeness (QED) is 0.858. The van der Waals surface area contributed by atoms with Gasteiger partial charge in [-0.25, -0.2) is 0 Å². The molecule has 1 aliphatic rings. The van der Waals surface area contributed by atoms with Crippen molar-refractivity contribution in [1.82, 2.24) is 9.47 Å². The van der Waals surface area contributed by atoms with Crippen molar-refractivity contribution in [2.75, 3.05) is 12.3 Å². The van der Waals surface area contributed by atoms with E-state index in [0.29, 0.717) is 24.3 Å². The number of hydrogen-bond donors (Lipinski definition) is 2. The van der Waals surface area contributed by atoms with E-state index >= 15 is 0 Å². The maximum Gasteiger partial charge on any atom is 0.271 e. The molecular formula is C14H22N4O2. The van der Waals surface area contributed by atoms with Gasteiger partial charge >= 0.3 is 0 Å². The van der Waals surface area contributed by atoms with Crippen LogP contribution in [0.5, 0.6) is 0 Å². The Kier molecular flexibility index (Phi) is 4.32. The number of likely N-dealkylation sites (tertiary alicyclic amines) is 1. The van der Waals surface area contributed by atoms with Crippen molar-refractivity contribution < 1.29 is 9.59 Å². The van der Waals surface area contributed by atoms with Gasteiger partial charge in [0.15, 0.2) is 0 Å². The maximum atomic E-state index is 12.7. The number of amides is 2. The zero-order chi connectivity index (χ0) is 14.7. The summed E-state index contributed by atoms with van der Waals surface area (Å²) in [5, 5.41) is 0. The minimum Gasteiger partial charge on any atom is -0.397 e. The fourth-order valence-corrected chi connectivity index (χ4v) is 2.76. The molecule has 2 amide bonds. The van der Waals surface area contributed by atoms with E-state index in [-0.39, 0.29) is 5.91 Å². The highest BCUT2D eigenvalue weighted by atomic mass is 16.2. The van der Waals surface area contributed by atoms with Crippen LogP contribution >= 0.6 is 0 Å². The molecule has 20 heavy (non-hydrogen) atoms. The number of aromatic nitrogens is 1. The zero-order valence-corrected chi connectivity index (χ0v) is 11.8. The predicted octanol–water partition coefficient (Wildman–Crippen LogP) is 0.960. The number of primary amides is 1. The monoisotopic (exact) mass is 278 g/mol. The van der Waals surface area contributed by atoms with E-state index in [1.807, 2.05) is 11.5 Å². The van der Waals surface area contributed by atoms with E-state index in [9.17, 15) is 9.59 Å². The summed E-state index contributed by atoms with van der Waals surface area (Å²) in [7, 11) is 0. The molecule has 0 bridgehead atoms. The molecule has 1 unspecified atom stereocenters. The van der Waals surface area contributed by atoms with Crippen molar-refractivity contribution in [3.63, 3.8) is 0 Å². The number of carbonyl (C=O) groups is 2. The number of nitrogens with two attached hydrogens (primary N) is 2. The fourth-order valence-electron chi connectivity index (χ4n) is 2.76. The summed E-state index contributed by atoms with van der Waals surface area (Å²) >= 11 is 0. The molecule has 110 valence electrons. The second-order valence-corrected chi connectivity index (χ2v) is 5.26. The van der Waals surface area contributed by atoms with Gasteiger partial charge in [0.1, 0.15) is 11.7 Å². The van der Waals surface area contributed by atoms with Crippen LogP contribution in [0.1, 0.15) is 43.1 Å². The average molecular weight is 278 g/mol. The lowest BCUT2D eigenvalue weighted by Gasteiger charge is -2.33. The molecular weight excluding hydrogens is 256 g/mol. The number of nitrogen functional groups attached to an aromatic ring is 1. The molecule has 0 spiro atoms. The SMILES string of the molecule is CCCn1cc(N)cc1C(=O)N1CCCCC1C(N)=O. The van der Waals surface area contributed by atoms with E-state index in [4.69, 9.17) is 11.5 Å². The molecule has 0 saturated carbocycles. The van der Waals surface area contributed by atoms with Crippen LogP contribution in [-0.4, -0.2) is 33.9 Å². The molecule has 0 aromatic carbocycles. The molecule has 2 heterocycles. The first-order chi connectivity index (χ1) is 9.54. The fraction of sp³-hybridized carbons (Fsp3) is 0.571. The minimum absolute atomic E-state index is 0.154. The number of aryl methyl sites for hydroxylation is 1. The van der Waals surface area contributed by atoms with Gasteiger partial charge in [-0.05, 0) is 31.7 Å². The van der Waals surface area contributed by atoms with Crippen molar-refractivity contribution in [2.24, 2.45) is 5.73 Å². The Bertz CT molecular complexity index is 509. The van der Waals surface area contributed by atoms with Gasteiger partial charge in [0.25, 0.3) is 5.91 Å². The molecule has 1 aliphatic heterocycles. The number of piperidine rings is 1. The maximum absolute atomic E-state index is 12.7. The Hall–Kier alpha value is -1.98. The Morgan fingerprint density at radius 1 is 1.40 bits per heavy atom. The number of rotatable bonds is 4. The normalized spacial score (nSPS) is 19.1. The van der Waals surface area contributed by atoms with Crippen LogP contribution in [0.25, 0.3) is 0 Å². The third kappa shape index (κ3) is 2.79. The van der Waals surface area contributed by atoms with E-state index in [0.717, 1.165) is 25.8 Å². The minimum atomic E-state index is -0.498. The molecule has 1 aromatic rings. The molecule has 1 atom stereocenters. The average Bonchev–Trinajstić information content (AvgIpc) is 2.79. The lowest BCUT2D eigenvalue weighted by atomic mass is 10.0. The van der Waals surface area contributed by atoms with Gasteiger partial charge in [-0.2, -0.15) is 0 Å². The van der Waals surface area contributed by atoms with Crippen molar-refractivity contribution in [3.8, 4) is 0 Å². The summed E-state index contributed by atoms with van der Waals surface area (Å²) in [6.45, 7) is 3.34. The van der Waals surface area contributed by atoms with Crippen LogP contribution in [0.2, 0.25) is 0 Å². The molecule has 6 nitrogen and oxygen atoms in total. The summed E-state index contributed by atoms with van der Waals surface area (Å²) in [4.78, 5) is 25.8. The lowest BCUT2D eigenvalue weighted by molar-refractivity contribution is -0.123. The highest BCUT2D eigenvalue weighted by Crippen LogP contribution is 2.21. The summed E-state index contributed by atoms with van der Waals surface area (Å²) < 4.78 is 1.85. The van der Waals surface area contributed by atoms with E-state index < -0.39 is 11.9 Å². The molecule has 6 heteroatoms. The number of hydrogen-bond acceptors (Lipinski definition) is 3. The molecule has 0 radical (unpaired) electrons. The number of carbonyl (C=O) groups excluding carboxylic acids is 2. The highest BCUT2D eigenvalue weighted by Gasteiger charge is 2.32. The van der Waals surface area contributed by atoms with Gasteiger partial charge in [0.05, 0.1) is 5.69 Å². The third-order valence-electron chi connectivity index (χ3n) is 3.69. The molecule has 4 N–H and O–H groups in total. The molecule has 1 aromatic heterocycles. The molecule has 1 fully saturated rings. The second kappa shape index (κ2) is 5.98. The summed E-state index contributed by atoms with van der Waals surface area (Å²) in [5.74, 6) is -0.585. The van der Waals surface area contributed by atoms with Crippen LogP contribution in [0.4, 0.5) is 5.69 Å². The first kappa shape index (κ1) is 14.4. The molecule has 1 saturated heterocycles. The third-order valence-corrected chi connectivity index (χ3v) is 3.69. The second-order valence-electron chi connectivity index (χ2n) is 5.26. The van der Waals surface area contributed by atoms with Crippen LogP contribution in [0.15, 0.2) is 12.3 Å². The zero-order valence-electron chi connectivity index (χ0n) is 11.8. The first-order valence-corrected chi connectivity index (χ1v) is 7.10. The van der Waals surface area contributed by atoms with Crippen LogP contribution in [0.3, 0.4) is 0 Å². The largest absolute Gasteiger partial charge is 0.397 e. The van der Waals surface area contributed by atoms with Gasteiger partial charge in [-0.3, -0.25) is 9.59 Å². The number of nitrogens with zero attached hydrogens (tertiary/aromatic N) is 2. The van der Waals surface area contributed by atoms with Crippen molar-refractivity contribution in [3.05, 3.63) is 18.0 Å². The van der Waals surface area contributed by atoms with Crippen molar-refractivity contribution in [1.29, 1.82) is 0 Å². The van der Waals surface area contributed by atoms with Crippen LogP contribution in [-0.2, 0) is 11.3 Å². The smallest absolute Gasteiger partial charge is 0.271 e. The van der Waals surface area contributed by atoms with Crippen molar-refractivity contribution in [2.45, 2.75) is 45.2 Å². The lowest BCUT2D eigenvalue weighted by Crippen LogP contribution is -2.50. The molecule has 0 aliphatic carbocycles. The highest BCUT2D eigenvalue weighted by molar-refractivity contribution is 5.97. The topological polar surface area (TPSA) is 94.3 Å². The van der Waals surface area contributed by atoms with Gasteiger partial charge in [-0.1, -0.05) is 6.92 Å². The Balaban J connectivity index is 2.27. The Morgan fingerprint density at radius 2 is 2.15 bits per heavy atom. The standard InChI is InChI=1S/C14H22N4O2/c1-2-6-17-9-10(15)8-12(17)14(20)18-7-4-3-5-11(18)13(16)19/h8-9,11H,2-7,15H2,1H3,(H2,16,19). The van der Waals surface area contributed by atoms with E-state index in [1.54, 1.807) is 17.2 Å². The molecule has 2 rings (SSSR count). The predicted molar refractivity (Wildman–Crippen MR) is 77.0 cm³/mol. The van der Waals surface area contributed by atoms with Crippen molar-refractivity contribution >= 4 is 17.5 Å². The van der Waals surface area contributed by atoms with Gasteiger partial charge in [0, 0.05) is 19.3 Å². The van der Waals surface area contributed by atoms with Gasteiger partial charge in [0.2, 0.25) is 5.91 Å².